The van der Waals surface area contributed by atoms with E-state index in [9.17, 15) is 9.59 Å². The second-order valence-corrected chi connectivity index (χ2v) is 11.4. The summed E-state index contributed by atoms with van der Waals surface area (Å²) in [5.74, 6) is -9.20. The summed E-state index contributed by atoms with van der Waals surface area (Å²) in [6, 6.07) is 6.66. The molecule has 0 radical (unpaired) electrons. The Morgan fingerprint density at radius 1 is 0.717 bits per heavy atom. The van der Waals surface area contributed by atoms with Crippen molar-refractivity contribution in [1.82, 2.24) is 29.7 Å². The van der Waals surface area contributed by atoms with Gasteiger partial charge in [0.15, 0.2) is 0 Å². The number of nitrogens with one attached hydrogen (secondary N) is 2. The molecule has 4 aromatic rings. The van der Waals surface area contributed by atoms with Crippen LogP contribution in [0.4, 0.5) is 0 Å². The quantitative estimate of drug-likeness (QED) is 0.192. The van der Waals surface area contributed by atoms with Gasteiger partial charge < -0.3 is 31.2 Å². The maximum absolute atomic E-state index is 13.6. The number of hydrogen-bond donors (Lipinski definition) is 4. The zero-order valence-electron chi connectivity index (χ0n) is 40.9. The molecule has 2 aromatic carbocycles. The summed E-state index contributed by atoms with van der Waals surface area (Å²) >= 11 is 0. The molecule has 10 heteroatoms. The molecular weight excluding hydrogens is 576 g/mol. The first-order chi connectivity index (χ1) is 28.4. The van der Waals surface area contributed by atoms with Gasteiger partial charge in [-0.2, -0.15) is 0 Å². The van der Waals surface area contributed by atoms with Crippen molar-refractivity contribution >= 4 is 11.8 Å². The molecule has 4 atom stereocenters. The zero-order valence-corrected chi connectivity index (χ0v) is 24.9. The molecule has 10 nitrogen and oxygen atoms in total. The Kier molecular flexibility index (Phi) is 5.05. The van der Waals surface area contributed by atoms with Crippen molar-refractivity contribution in [2.24, 2.45) is 23.3 Å². The van der Waals surface area contributed by atoms with Crippen LogP contribution in [0, 0.1) is 11.8 Å². The lowest BCUT2D eigenvalue weighted by Gasteiger charge is -2.27. The topological polar surface area (TPSA) is 150 Å². The lowest BCUT2D eigenvalue weighted by Crippen LogP contribution is -2.46. The summed E-state index contributed by atoms with van der Waals surface area (Å²) < 4.78 is 127. The third-order valence-electron chi connectivity index (χ3n) is 8.57. The van der Waals surface area contributed by atoms with Crippen LogP contribution >= 0.6 is 0 Å². The Labute approximate surface area is 293 Å². The van der Waals surface area contributed by atoms with Gasteiger partial charge in [0.2, 0.25) is 11.8 Å². The van der Waals surface area contributed by atoms with E-state index in [1.54, 1.807) is 12.4 Å². The molecule has 2 saturated heterocycles. The van der Waals surface area contributed by atoms with Crippen LogP contribution in [0.25, 0.3) is 33.6 Å². The van der Waals surface area contributed by atoms with Crippen LogP contribution < -0.4 is 11.5 Å². The number of carbonyl (C=O) groups is 2. The van der Waals surface area contributed by atoms with Crippen molar-refractivity contribution in [3.8, 4) is 33.6 Å². The molecule has 4 heterocycles. The van der Waals surface area contributed by atoms with Gasteiger partial charge in [-0.15, -0.1) is 0 Å². The minimum atomic E-state index is -3.61. The van der Waals surface area contributed by atoms with E-state index in [0.717, 1.165) is 32.1 Å². The van der Waals surface area contributed by atoms with Crippen LogP contribution in [0.15, 0.2) is 60.9 Å². The number of amides is 2. The first-order valence-corrected chi connectivity index (χ1v) is 14.9. The fourth-order valence-electron chi connectivity index (χ4n) is 6.10. The van der Waals surface area contributed by atoms with E-state index in [2.05, 4.69) is 19.9 Å². The highest BCUT2D eigenvalue weighted by atomic mass is 16.2. The highest BCUT2D eigenvalue weighted by Crippen LogP contribution is 2.34. The molecule has 242 valence electrons. The highest BCUT2D eigenvalue weighted by molar-refractivity contribution is 5.83. The number of nitrogens with zero attached hydrogens (tertiary/aromatic N) is 4. The number of hydrogen-bond acceptors (Lipinski definition) is 6. The average molecular weight is 639 g/mol. The molecule has 1 unspecified atom stereocenters. The third kappa shape index (κ3) is 6.24. The number of nitrogens with two attached hydrogens (primary N) is 2. The van der Waals surface area contributed by atoms with Crippen LogP contribution in [0.2, 0.25) is 0 Å². The number of likely N-dealkylation sites (tertiary alicyclic amines) is 2. The Morgan fingerprint density at radius 2 is 1.09 bits per heavy atom. The lowest BCUT2D eigenvalue weighted by atomic mass is 10.0. The third-order valence-corrected chi connectivity index (χ3v) is 8.57. The molecule has 0 bridgehead atoms. The van der Waals surface area contributed by atoms with Gasteiger partial charge in [0.05, 0.1) is 50.6 Å². The fraction of sp³-hybridized carbons (Fsp3) is 0.444. The Morgan fingerprint density at radius 3 is 1.46 bits per heavy atom. The van der Waals surface area contributed by atoms with Crippen LogP contribution in [-0.2, 0) is 9.59 Å². The molecule has 2 fully saturated rings. The standard InChI is InChI=1S/C36H46N8O2/c1-21(2)31(37)35(45)43-17-5-7-29(43)33-39-19-27(41-33)25-13-9-23(10-14-25)24-11-15-26(16-12-24)28-20-40-34(42-28)30-8-6-18-44(30)36(46)32(38)22(3)4/h9-16,19-22,29-32H,5-8,17-18,37-38H2,1-4H3,(H,39,41)(H,40,42)/t29-,30-,31+,32?/m0/s1/i1D3,2D3,3D3,4D3,21D,22D,31D,32D. The predicted molar refractivity (Wildman–Crippen MR) is 180 cm³/mol. The number of benzene rings is 2. The molecule has 6 N–H and O–H groups in total. The number of rotatable bonds is 9. The van der Waals surface area contributed by atoms with Crippen molar-refractivity contribution in [2.75, 3.05) is 13.1 Å². The number of imidazole rings is 2. The zero-order chi connectivity index (χ0) is 46.2. The normalized spacial score (nSPS) is 27.8. The summed E-state index contributed by atoms with van der Waals surface area (Å²) in [5, 5.41) is 0. The van der Waals surface area contributed by atoms with Crippen LogP contribution in [0.5, 0.6) is 0 Å². The SMILES string of the molecule is [2H]C([2H])([2H])C([2H])(C([2H])([2H])[2H])C([2H])(N)C(=O)N1CCC[C@H]1c1ncc(-c2ccc(-c3ccc(-c4cnc([C@@H]5CCCN5C(=O)[C@]([2H])(N)C([2H])(C([2H])([2H])[2H])C([2H])([2H])[2H])[nH]4)cc3)cc2)[nH]1. The number of aromatic amines is 2. The van der Waals surface area contributed by atoms with Gasteiger partial charge in [-0.25, -0.2) is 9.97 Å². The van der Waals surface area contributed by atoms with E-state index in [1.165, 1.54) is 0 Å². The van der Waals surface area contributed by atoms with Crippen molar-refractivity contribution in [3.05, 3.63) is 72.6 Å². The van der Waals surface area contributed by atoms with E-state index < -0.39 is 75.1 Å². The Bertz CT molecular complexity index is 2090. The molecule has 46 heavy (non-hydrogen) atoms. The first-order valence-electron chi connectivity index (χ1n) is 22.9. The van der Waals surface area contributed by atoms with Gasteiger partial charge in [-0.1, -0.05) is 75.9 Å². The van der Waals surface area contributed by atoms with Crippen molar-refractivity contribution in [2.45, 2.75) is 77.2 Å². The predicted octanol–water partition coefficient (Wildman–Crippen LogP) is 5.43. The first kappa shape index (κ1) is 17.6. The second-order valence-electron chi connectivity index (χ2n) is 11.4. The molecule has 6 rings (SSSR count). The minimum Gasteiger partial charge on any atom is -0.340 e. The maximum Gasteiger partial charge on any atom is 0.240 e. The molecule has 0 aliphatic carbocycles. The van der Waals surface area contributed by atoms with Gasteiger partial charge in [-0.3, -0.25) is 9.59 Å². The van der Waals surface area contributed by atoms with E-state index in [-0.39, 0.29) is 13.1 Å². The van der Waals surface area contributed by atoms with E-state index in [1.807, 2.05) is 48.5 Å². The van der Waals surface area contributed by atoms with Crippen LogP contribution in [0.1, 0.15) is 98.8 Å². The molecule has 2 aliphatic heterocycles. The van der Waals surface area contributed by atoms with Crippen molar-refractivity contribution in [3.63, 3.8) is 0 Å². The van der Waals surface area contributed by atoms with E-state index >= 15 is 0 Å². The monoisotopic (exact) mass is 638 g/mol. The number of H-pyrrole nitrogens is 2. The fourth-order valence-corrected chi connectivity index (χ4v) is 6.10. The molecule has 0 spiro atoms. The van der Waals surface area contributed by atoms with Crippen molar-refractivity contribution < 1.29 is 31.5 Å². The maximum atomic E-state index is 13.6. The molecular formula is C36H46N8O2. The summed E-state index contributed by atoms with van der Waals surface area (Å²) in [5.41, 5.74) is 16.1. The summed E-state index contributed by atoms with van der Waals surface area (Å²) in [6.07, 6.45) is 4.70. The molecule has 2 aliphatic rings. The molecule has 2 aromatic heterocycles. The van der Waals surface area contributed by atoms with Gasteiger partial charge in [0, 0.05) is 32.3 Å². The van der Waals surface area contributed by atoms with Gasteiger partial charge in [-0.05, 0) is 59.7 Å². The highest BCUT2D eigenvalue weighted by Gasteiger charge is 2.36. The van der Waals surface area contributed by atoms with Crippen LogP contribution in [-0.4, -0.2) is 66.7 Å². The average Bonchev–Trinajstić information content (AvgIpc) is 4.01. The summed E-state index contributed by atoms with van der Waals surface area (Å²) in [4.78, 5) is 44.7. The number of carbonyl (C=O) groups excluding carboxylic acids is 2. The summed E-state index contributed by atoms with van der Waals surface area (Å²) in [6.45, 7) is -14.2. The second kappa shape index (κ2) is 13.2. The van der Waals surface area contributed by atoms with Gasteiger partial charge >= 0.3 is 0 Å². The van der Waals surface area contributed by atoms with E-state index in [4.69, 9.17) is 33.4 Å². The van der Waals surface area contributed by atoms with Crippen molar-refractivity contribution in [1.29, 1.82) is 0 Å². The van der Waals surface area contributed by atoms with E-state index in [0.29, 0.717) is 48.7 Å². The summed E-state index contributed by atoms with van der Waals surface area (Å²) in [7, 11) is 0. The lowest BCUT2D eigenvalue weighted by molar-refractivity contribution is -0.135. The molecule has 0 saturated carbocycles. The smallest absolute Gasteiger partial charge is 0.240 e. The van der Waals surface area contributed by atoms with Gasteiger partial charge in [0.25, 0.3) is 0 Å². The Balaban J connectivity index is 1.15. The largest absolute Gasteiger partial charge is 0.340 e. The Hall–Kier alpha value is -4.28. The van der Waals surface area contributed by atoms with Crippen LogP contribution in [0.3, 0.4) is 0 Å². The molecule has 2 amide bonds. The van der Waals surface area contributed by atoms with Gasteiger partial charge in [0.1, 0.15) is 11.6 Å². The number of aromatic nitrogens is 4. The minimum absolute atomic E-state index is 0.0483.